The molecule has 0 fully saturated rings. The largest absolute Gasteiger partial charge is 0.336 e. The highest BCUT2D eigenvalue weighted by atomic mass is 32.2. The number of aromatic nitrogens is 3. The molecule has 0 spiro atoms. The lowest BCUT2D eigenvalue weighted by atomic mass is 10.2. The maximum absolute atomic E-state index is 12.3. The van der Waals surface area contributed by atoms with Crippen LogP contribution in [-0.4, -0.2) is 41.7 Å². The zero-order valence-electron chi connectivity index (χ0n) is 15.7. The van der Waals surface area contributed by atoms with Crippen molar-refractivity contribution in [2.75, 3.05) is 17.7 Å². The molecule has 3 rings (SSSR count). The molecule has 0 saturated carbocycles. The van der Waals surface area contributed by atoms with Crippen LogP contribution in [0.5, 0.6) is 0 Å². The van der Waals surface area contributed by atoms with Gasteiger partial charge in [-0.15, -0.1) is 11.3 Å². The number of nitrogens with one attached hydrogen (secondary N) is 1. The van der Waals surface area contributed by atoms with Crippen LogP contribution in [0.1, 0.15) is 20.9 Å². The number of nitrogens with zero attached hydrogens (tertiary/aromatic N) is 5. The monoisotopic (exact) mass is 430 g/mol. The van der Waals surface area contributed by atoms with Crippen LogP contribution in [0, 0.1) is 18.3 Å². The first-order valence-corrected chi connectivity index (χ1v) is 11.2. The second-order valence-corrected chi connectivity index (χ2v) is 9.15. The third-order valence-corrected chi connectivity index (χ3v) is 5.51. The fourth-order valence-corrected chi connectivity index (χ4v) is 4.00. The molecule has 0 aliphatic heterocycles. The highest BCUT2D eigenvalue weighted by Crippen LogP contribution is 2.31. The minimum atomic E-state index is -3.69. The molecule has 150 valence electrons. The molecule has 2 aromatic heterocycles. The lowest BCUT2D eigenvalue weighted by Gasteiger charge is -2.22. The second-order valence-electron chi connectivity index (χ2n) is 6.22. The fraction of sp³-hybridized carbons (Fsp3) is 0.222. The summed E-state index contributed by atoms with van der Waals surface area (Å²) in [5, 5.41) is 9.58. The molecule has 9 nitrogen and oxygen atoms in total. The average Bonchev–Trinajstić information content (AvgIpc) is 3.31. The van der Waals surface area contributed by atoms with E-state index in [1.807, 2.05) is 20.4 Å². The first-order valence-electron chi connectivity index (χ1n) is 8.50. The summed E-state index contributed by atoms with van der Waals surface area (Å²) in [7, 11) is -3.69. The lowest BCUT2D eigenvalue weighted by Crippen LogP contribution is -2.30. The average molecular weight is 431 g/mol. The first kappa shape index (κ1) is 20.5. The number of rotatable bonds is 7. The van der Waals surface area contributed by atoms with Crippen LogP contribution in [-0.2, 0) is 16.6 Å². The molecule has 0 aliphatic carbocycles. The quantitative estimate of drug-likeness (QED) is 0.609. The molecular weight excluding hydrogens is 412 g/mol. The summed E-state index contributed by atoms with van der Waals surface area (Å²) >= 11 is 1.29. The number of nitriles is 1. The van der Waals surface area contributed by atoms with Crippen molar-refractivity contribution in [2.24, 2.45) is 0 Å². The van der Waals surface area contributed by atoms with Gasteiger partial charge in [0.15, 0.2) is 5.13 Å². The van der Waals surface area contributed by atoms with E-state index in [1.165, 1.54) is 11.3 Å². The molecule has 0 bridgehead atoms. The van der Waals surface area contributed by atoms with E-state index >= 15 is 0 Å². The molecule has 1 amide bonds. The van der Waals surface area contributed by atoms with Crippen molar-refractivity contribution >= 4 is 38.1 Å². The Morgan fingerprint density at radius 1 is 1.34 bits per heavy atom. The van der Waals surface area contributed by atoms with Crippen LogP contribution in [0.2, 0.25) is 0 Å². The van der Waals surface area contributed by atoms with Crippen LogP contribution in [0.4, 0.5) is 10.8 Å². The van der Waals surface area contributed by atoms with Crippen molar-refractivity contribution in [2.45, 2.75) is 13.5 Å². The van der Waals surface area contributed by atoms with Gasteiger partial charge in [0.1, 0.15) is 5.69 Å². The minimum absolute atomic E-state index is 0.0664. The van der Waals surface area contributed by atoms with Crippen molar-refractivity contribution in [3.05, 3.63) is 59.1 Å². The Bertz CT molecular complexity index is 1150. The topological polar surface area (TPSA) is 121 Å². The van der Waals surface area contributed by atoms with Crippen LogP contribution in [0.25, 0.3) is 0 Å². The third kappa shape index (κ3) is 5.18. The number of amides is 1. The first-order chi connectivity index (χ1) is 13.8. The number of sulfonamides is 1. The predicted molar refractivity (Wildman–Crippen MR) is 110 cm³/mol. The minimum Gasteiger partial charge on any atom is -0.336 e. The third-order valence-electron chi connectivity index (χ3n) is 3.96. The van der Waals surface area contributed by atoms with Gasteiger partial charge in [0.25, 0.3) is 5.91 Å². The molecule has 0 aliphatic rings. The van der Waals surface area contributed by atoms with Crippen LogP contribution < -0.4 is 9.62 Å². The van der Waals surface area contributed by atoms with E-state index in [0.717, 1.165) is 11.9 Å². The van der Waals surface area contributed by atoms with Gasteiger partial charge in [-0.05, 0) is 31.2 Å². The summed E-state index contributed by atoms with van der Waals surface area (Å²) in [4.78, 5) is 23.2. The molecule has 0 unspecified atom stereocenters. The van der Waals surface area contributed by atoms with Gasteiger partial charge in [-0.3, -0.25) is 4.79 Å². The van der Waals surface area contributed by atoms with Crippen LogP contribution in [0.15, 0.2) is 43.0 Å². The Labute approximate surface area is 172 Å². The standard InChI is InChI=1S/C18H18N6O3S2/c1-13-16(17(25)22-29(2,26)27)21-18(28-13)24(10-9-23-8-7-20-12-23)15-5-3-14(11-19)4-6-15/h3-8,12H,9-10H2,1-2H3,(H,22,25). The van der Waals surface area contributed by atoms with Crippen molar-refractivity contribution in [1.82, 2.24) is 19.3 Å². The Hall–Kier alpha value is -3.23. The molecule has 29 heavy (non-hydrogen) atoms. The van der Waals surface area contributed by atoms with Gasteiger partial charge in [-0.2, -0.15) is 5.26 Å². The molecule has 1 aromatic carbocycles. The zero-order chi connectivity index (χ0) is 21.0. The SMILES string of the molecule is Cc1sc(N(CCn2ccnc2)c2ccc(C#N)cc2)nc1C(=O)NS(C)(=O)=O. The Morgan fingerprint density at radius 2 is 2.07 bits per heavy atom. The maximum Gasteiger partial charge on any atom is 0.284 e. The van der Waals surface area contributed by atoms with E-state index < -0.39 is 15.9 Å². The molecular formula is C18H18N6O3S2. The number of benzene rings is 1. The van der Waals surface area contributed by atoms with Gasteiger partial charge in [-0.1, -0.05) is 0 Å². The number of anilines is 2. The van der Waals surface area contributed by atoms with Gasteiger partial charge >= 0.3 is 0 Å². The fourth-order valence-electron chi connectivity index (χ4n) is 2.61. The lowest BCUT2D eigenvalue weighted by molar-refractivity contribution is 0.0977. The van der Waals surface area contributed by atoms with E-state index in [2.05, 4.69) is 16.0 Å². The Kier molecular flexibility index (Phi) is 5.95. The number of aryl methyl sites for hydroxylation is 1. The van der Waals surface area contributed by atoms with Crippen molar-refractivity contribution in [3.63, 3.8) is 0 Å². The summed E-state index contributed by atoms with van der Waals surface area (Å²) in [6.07, 6.45) is 6.15. The van der Waals surface area contributed by atoms with Gasteiger partial charge in [0.2, 0.25) is 10.0 Å². The number of hydrogen-bond acceptors (Lipinski definition) is 8. The number of carbonyl (C=O) groups excluding carboxylic acids is 1. The van der Waals surface area contributed by atoms with E-state index in [4.69, 9.17) is 5.26 Å². The predicted octanol–water partition coefficient (Wildman–Crippen LogP) is 2.05. The summed E-state index contributed by atoms with van der Waals surface area (Å²) in [6.45, 7) is 2.86. The molecule has 3 aromatic rings. The van der Waals surface area contributed by atoms with Crippen molar-refractivity contribution in [1.29, 1.82) is 5.26 Å². The highest BCUT2D eigenvalue weighted by molar-refractivity contribution is 7.89. The Morgan fingerprint density at radius 3 is 2.66 bits per heavy atom. The summed E-state index contributed by atoms with van der Waals surface area (Å²) in [6, 6.07) is 9.10. The number of imidazole rings is 1. The van der Waals surface area contributed by atoms with Gasteiger partial charge in [0.05, 0.1) is 24.2 Å². The molecule has 2 heterocycles. The van der Waals surface area contributed by atoms with Gasteiger partial charge in [0, 0.05) is 36.0 Å². The van der Waals surface area contributed by atoms with Gasteiger partial charge < -0.3 is 9.47 Å². The van der Waals surface area contributed by atoms with Crippen LogP contribution in [0.3, 0.4) is 0 Å². The van der Waals surface area contributed by atoms with E-state index in [-0.39, 0.29) is 5.69 Å². The normalized spacial score (nSPS) is 11.1. The van der Waals surface area contributed by atoms with Crippen LogP contribution >= 0.6 is 11.3 Å². The van der Waals surface area contributed by atoms with E-state index in [1.54, 1.807) is 43.7 Å². The Balaban J connectivity index is 1.93. The van der Waals surface area contributed by atoms with Crippen molar-refractivity contribution in [3.8, 4) is 6.07 Å². The number of hydrogen-bond donors (Lipinski definition) is 1. The molecule has 0 atom stereocenters. The number of carbonyl (C=O) groups is 1. The smallest absolute Gasteiger partial charge is 0.284 e. The maximum atomic E-state index is 12.3. The summed E-state index contributed by atoms with van der Waals surface area (Å²) in [5.41, 5.74) is 1.40. The highest BCUT2D eigenvalue weighted by Gasteiger charge is 2.22. The molecule has 0 radical (unpaired) electrons. The van der Waals surface area contributed by atoms with E-state index in [0.29, 0.717) is 28.7 Å². The number of thiazole rings is 1. The molecule has 11 heteroatoms. The summed E-state index contributed by atoms with van der Waals surface area (Å²) < 4.78 is 26.6. The second kappa shape index (κ2) is 8.42. The van der Waals surface area contributed by atoms with Gasteiger partial charge in [-0.25, -0.2) is 23.1 Å². The van der Waals surface area contributed by atoms with Crippen molar-refractivity contribution < 1.29 is 13.2 Å². The summed E-state index contributed by atoms with van der Waals surface area (Å²) in [5.74, 6) is -0.762. The molecule has 0 saturated heterocycles. The van der Waals surface area contributed by atoms with E-state index in [9.17, 15) is 13.2 Å². The zero-order valence-corrected chi connectivity index (χ0v) is 17.4. The molecule has 1 N–H and O–H groups in total.